The zero-order chi connectivity index (χ0) is 21.0. The van der Waals surface area contributed by atoms with Gasteiger partial charge in [-0.25, -0.2) is 9.59 Å². The summed E-state index contributed by atoms with van der Waals surface area (Å²) in [7, 11) is 0. The number of phenols is 1. The van der Waals surface area contributed by atoms with Gasteiger partial charge in [-0.3, -0.25) is 0 Å². The Balaban J connectivity index is 1.82. The van der Waals surface area contributed by atoms with Gasteiger partial charge >= 0.3 is 11.9 Å². The Hall–Kier alpha value is -3.60. The summed E-state index contributed by atoms with van der Waals surface area (Å²) < 4.78 is 10.8. The van der Waals surface area contributed by atoms with E-state index in [0.717, 1.165) is 22.8 Å². The molecule has 0 saturated carbocycles. The molecule has 29 heavy (non-hydrogen) atoms. The van der Waals surface area contributed by atoms with Crippen molar-refractivity contribution in [3.8, 4) is 17.2 Å². The molecule has 0 radical (unpaired) electrons. The molecule has 0 unspecified atom stereocenters. The number of carbonyl (C=O) groups is 2. The van der Waals surface area contributed by atoms with E-state index in [4.69, 9.17) is 9.47 Å². The Morgan fingerprint density at radius 3 is 2.41 bits per heavy atom. The maximum absolute atomic E-state index is 12.6. The lowest BCUT2D eigenvalue weighted by Crippen LogP contribution is -2.10. The third kappa shape index (κ3) is 4.82. The van der Waals surface area contributed by atoms with Gasteiger partial charge < -0.3 is 14.6 Å². The van der Waals surface area contributed by atoms with E-state index in [1.807, 2.05) is 6.92 Å². The Kier molecular flexibility index (Phi) is 5.98. The number of carbonyl (C=O) groups excluding carboxylic acids is 2. The molecule has 0 aromatic heterocycles. The molecular formula is C24H22O5. The lowest BCUT2D eigenvalue weighted by atomic mass is 10.1. The summed E-state index contributed by atoms with van der Waals surface area (Å²) in [5.41, 5.74) is 1.50. The molecule has 1 N–H and O–H groups in total. The predicted octanol–water partition coefficient (Wildman–Crippen LogP) is 5.20. The Bertz CT molecular complexity index is 1100. The minimum absolute atomic E-state index is 0.141. The third-order valence-corrected chi connectivity index (χ3v) is 4.37. The number of hydrogen-bond acceptors (Lipinski definition) is 5. The highest BCUT2D eigenvalue weighted by molar-refractivity contribution is 5.97. The largest absolute Gasteiger partial charge is 0.508 e. The van der Waals surface area contributed by atoms with Gasteiger partial charge in [0.05, 0.1) is 5.56 Å². The van der Waals surface area contributed by atoms with E-state index in [1.54, 1.807) is 55.5 Å². The van der Waals surface area contributed by atoms with Crippen molar-refractivity contribution in [2.45, 2.75) is 26.7 Å². The second-order valence-electron chi connectivity index (χ2n) is 6.83. The first-order chi connectivity index (χ1) is 13.9. The van der Waals surface area contributed by atoms with Gasteiger partial charge in [-0.05, 0) is 72.1 Å². The molecule has 0 heterocycles. The summed E-state index contributed by atoms with van der Waals surface area (Å²) in [6, 6.07) is 15.0. The highest BCUT2D eigenvalue weighted by atomic mass is 16.5. The van der Waals surface area contributed by atoms with E-state index in [1.165, 1.54) is 6.07 Å². The number of ether oxygens (including phenoxy) is 2. The van der Waals surface area contributed by atoms with Crippen molar-refractivity contribution in [3.05, 3.63) is 77.9 Å². The second-order valence-corrected chi connectivity index (χ2v) is 6.83. The van der Waals surface area contributed by atoms with Crippen LogP contribution in [0.1, 0.15) is 36.2 Å². The molecule has 3 aromatic rings. The molecule has 5 heteroatoms. The van der Waals surface area contributed by atoms with Crippen molar-refractivity contribution in [2.24, 2.45) is 0 Å². The molecule has 0 aliphatic heterocycles. The number of fused-ring (bicyclic) bond motifs is 1. The second kappa shape index (κ2) is 8.61. The van der Waals surface area contributed by atoms with Crippen LogP contribution in [0.5, 0.6) is 17.2 Å². The van der Waals surface area contributed by atoms with Gasteiger partial charge in [-0.1, -0.05) is 32.1 Å². The van der Waals surface area contributed by atoms with Crippen LogP contribution in [0.3, 0.4) is 0 Å². The summed E-state index contributed by atoms with van der Waals surface area (Å²) in [5, 5.41) is 11.3. The lowest BCUT2D eigenvalue weighted by molar-refractivity contribution is -0.130. The molecule has 0 atom stereocenters. The molecule has 3 rings (SSSR count). The first-order valence-corrected chi connectivity index (χ1v) is 9.33. The third-order valence-electron chi connectivity index (χ3n) is 4.37. The summed E-state index contributed by atoms with van der Waals surface area (Å²) in [4.78, 5) is 24.3. The molecule has 0 saturated heterocycles. The molecule has 0 aliphatic carbocycles. The molecule has 148 valence electrons. The fraction of sp³-hybridized carbons (Fsp3) is 0.167. The maximum Gasteiger partial charge on any atom is 0.343 e. The molecule has 5 nitrogen and oxygen atoms in total. The number of rotatable bonds is 6. The molecule has 0 bridgehead atoms. The summed E-state index contributed by atoms with van der Waals surface area (Å²) in [6.45, 7) is 7.16. The van der Waals surface area contributed by atoms with E-state index in [2.05, 4.69) is 6.58 Å². The average Bonchev–Trinajstić information content (AvgIpc) is 2.69. The predicted molar refractivity (Wildman–Crippen MR) is 111 cm³/mol. The quantitative estimate of drug-likeness (QED) is 0.356. The minimum atomic E-state index is -0.485. The maximum atomic E-state index is 12.6. The van der Waals surface area contributed by atoms with E-state index in [-0.39, 0.29) is 5.75 Å². The van der Waals surface area contributed by atoms with E-state index in [0.29, 0.717) is 29.1 Å². The number of hydrogen-bond donors (Lipinski definition) is 1. The highest BCUT2D eigenvalue weighted by Crippen LogP contribution is 2.27. The van der Waals surface area contributed by atoms with Crippen LogP contribution in [0.15, 0.2) is 66.7 Å². The summed E-state index contributed by atoms with van der Waals surface area (Å²) in [6.07, 6.45) is 1.56. The monoisotopic (exact) mass is 390 g/mol. The van der Waals surface area contributed by atoms with Crippen molar-refractivity contribution >= 4 is 22.7 Å². The van der Waals surface area contributed by atoms with Gasteiger partial charge in [-0.15, -0.1) is 0 Å². The molecule has 0 amide bonds. The average molecular weight is 390 g/mol. The minimum Gasteiger partial charge on any atom is -0.508 e. The number of aryl methyl sites for hydroxylation is 1. The van der Waals surface area contributed by atoms with Gasteiger partial charge in [0, 0.05) is 5.57 Å². The summed E-state index contributed by atoms with van der Waals surface area (Å²) in [5.74, 6) is 0.0297. The van der Waals surface area contributed by atoms with E-state index in [9.17, 15) is 14.7 Å². The van der Waals surface area contributed by atoms with Gasteiger partial charge in [0.2, 0.25) is 0 Å². The Morgan fingerprint density at radius 2 is 1.69 bits per heavy atom. The molecule has 3 aromatic carbocycles. The smallest absolute Gasteiger partial charge is 0.343 e. The Labute approximate surface area is 169 Å². The number of esters is 2. The van der Waals surface area contributed by atoms with Crippen molar-refractivity contribution < 1.29 is 24.2 Å². The van der Waals surface area contributed by atoms with Gasteiger partial charge in [0.15, 0.2) is 0 Å². The zero-order valence-corrected chi connectivity index (χ0v) is 16.4. The van der Waals surface area contributed by atoms with Crippen LogP contribution in [0, 0.1) is 0 Å². The van der Waals surface area contributed by atoms with Crippen molar-refractivity contribution in [2.75, 3.05) is 0 Å². The molecule has 0 fully saturated rings. The number of phenolic OH excluding ortho intramolecular Hbond substituents is 1. The number of benzene rings is 3. The van der Waals surface area contributed by atoms with Gasteiger partial charge in [-0.2, -0.15) is 0 Å². The SMILES string of the molecule is C=C(C)C(=O)Oc1ccc2cc(C(=O)Oc3ccc(O)cc3CCC)ccc2c1. The molecule has 0 aliphatic rings. The van der Waals surface area contributed by atoms with Gasteiger partial charge in [0.1, 0.15) is 17.2 Å². The van der Waals surface area contributed by atoms with Crippen molar-refractivity contribution in [1.29, 1.82) is 0 Å². The van der Waals surface area contributed by atoms with E-state index < -0.39 is 11.9 Å². The Morgan fingerprint density at radius 1 is 0.966 bits per heavy atom. The first-order valence-electron chi connectivity index (χ1n) is 9.33. The van der Waals surface area contributed by atoms with Crippen LogP contribution in [-0.2, 0) is 11.2 Å². The summed E-state index contributed by atoms with van der Waals surface area (Å²) >= 11 is 0. The fourth-order valence-electron chi connectivity index (χ4n) is 2.90. The zero-order valence-electron chi connectivity index (χ0n) is 16.4. The van der Waals surface area contributed by atoms with Crippen LogP contribution in [-0.4, -0.2) is 17.0 Å². The van der Waals surface area contributed by atoms with Crippen LogP contribution >= 0.6 is 0 Å². The van der Waals surface area contributed by atoms with E-state index >= 15 is 0 Å². The molecular weight excluding hydrogens is 368 g/mol. The normalized spacial score (nSPS) is 10.6. The van der Waals surface area contributed by atoms with Crippen LogP contribution in [0.4, 0.5) is 0 Å². The van der Waals surface area contributed by atoms with Crippen LogP contribution < -0.4 is 9.47 Å². The molecule has 0 spiro atoms. The highest BCUT2D eigenvalue weighted by Gasteiger charge is 2.13. The lowest BCUT2D eigenvalue weighted by Gasteiger charge is -2.11. The van der Waals surface area contributed by atoms with Crippen molar-refractivity contribution in [1.82, 2.24) is 0 Å². The topological polar surface area (TPSA) is 72.8 Å². The van der Waals surface area contributed by atoms with Gasteiger partial charge in [0.25, 0.3) is 0 Å². The van der Waals surface area contributed by atoms with Crippen LogP contribution in [0.2, 0.25) is 0 Å². The number of aromatic hydroxyl groups is 1. The standard InChI is InChI=1S/C24H22O5/c1-4-5-18-13-20(25)9-11-22(18)29-24(27)19-7-6-17-14-21(10-8-16(17)12-19)28-23(26)15(2)3/h6-14,25H,2,4-5H2,1,3H3. The van der Waals surface area contributed by atoms with Crippen LogP contribution in [0.25, 0.3) is 10.8 Å². The first kappa shape index (κ1) is 20.1. The van der Waals surface area contributed by atoms with Crippen molar-refractivity contribution in [3.63, 3.8) is 0 Å². The fourth-order valence-corrected chi connectivity index (χ4v) is 2.90.